The van der Waals surface area contributed by atoms with Crippen molar-refractivity contribution in [3.63, 3.8) is 0 Å². The van der Waals surface area contributed by atoms with Crippen LogP contribution in [-0.4, -0.2) is 36.0 Å². The van der Waals surface area contributed by atoms with E-state index in [1.54, 1.807) is 29.2 Å². The number of halogens is 1. The van der Waals surface area contributed by atoms with E-state index in [4.69, 9.17) is 4.74 Å². The Morgan fingerprint density at radius 3 is 3.07 bits per heavy atom. The summed E-state index contributed by atoms with van der Waals surface area (Å²) in [5, 5.41) is 16.0. The molecule has 0 atom stereocenters. The fourth-order valence-electron chi connectivity index (χ4n) is 3.94. The van der Waals surface area contributed by atoms with Crippen LogP contribution >= 0.6 is 0 Å². The Bertz CT molecular complexity index is 1230. The number of ether oxygens (including phenoxy) is 1. The lowest BCUT2D eigenvalue weighted by molar-refractivity contribution is 0.356. The first-order valence-corrected chi connectivity index (χ1v) is 9.69. The summed E-state index contributed by atoms with van der Waals surface area (Å²) in [5.41, 5.74) is 4.07. The lowest BCUT2D eigenvalue weighted by Gasteiger charge is -2.13. The van der Waals surface area contributed by atoms with E-state index < -0.39 is 0 Å². The average molecular weight is 391 g/mol. The van der Waals surface area contributed by atoms with Crippen LogP contribution < -0.4 is 10.1 Å². The molecule has 0 spiro atoms. The largest absolute Gasteiger partial charge is 0.493 e. The Morgan fingerprint density at radius 1 is 1.24 bits per heavy atom. The molecule has 0 unspecified atom stereocenters. The summed E-state index contributed by atoms with van der Waals surface area (Å²) in [4.78, 5) is 4.57. The van der Waals surface area contributed by atoms with Gasteiger partial charge in [0.1, 0.15) is 17.9 Å². The molecule has 1 fully saturated rings. The van der Waals surface area contributed by atoms with Crippen molar-refractivity contribution in [2.24, 2.45) is 0 Å². The van der Waals surface area contributed by atoms with Gasteiger partial charge in [-0.3, -0.25) is 9.08 Å². The van der Waals surface area contributed by atoms with Gasteiger partial charge in [0.25, 0.3) is 0 Å². The Hall–Kier alpha value is -3.49. The molecule has 1 aliphatic heterocycles. The number of hydrogen-bond acceptors (Lipinski definition) is 6. The predicted octanol–water partition coefficient (Wildman–Crippen LogP) is 3.01. The van der Waals surface area contributed by atoms with E-state index in [-0.39, 0.29) is 5.82 Å². The van der Waals surface area contributed by atoms with Crippen molar-refractivity contribution >= 4 is 11.6 Å². The van der Waals surface area contributed by atoms with Gasteiger partial charge in [0.05, 0.1) is 23.9 Å². The zero-order valence-electron chi connectivity index (χ0n) is 15.5. The average Bonchev–Trinajstić information content (AvgIpc) is 3.16. The van der Waals surface area contributed by atoms with Crippen molar-refractivity contribution in [2.45, 2.75) is 31.8 Å². The first kappa shape index (κ1) is 16.5. The number of hydrogen-bond donors (Lipinski definition) is 1. The minimum absolute atomic E-state index is 0.244. The molecule has 0 bridgehead atoms. The number of nitrogens with one attached hydrogen (secondary N) is 1. The summed E-state index contributed by atoms with van der Waals surface area (Å²) >= 11 is 0. The molecular formula is C20H18FN7O. The summed E-state index contributed by atoms with van der Waals surface area (Å²) in [6.07, 6.45) is 8.18. The molecule has 1 aliphatic carbocycles. The topological polar surface area (TPSA) is 82.2 Å². The van der Waals surface area contributed by atoms with Crippen molar-refractivity contribution in [3.8, 4) is 17.0 Å². The van der Waals surface area contributed by atoms with Gasteiger partial charge in [-0.25, -0.2) is 9.37 Å². The van der Waals surface area contributed by atoms with Crippen LogP contribution in [0, 0.1) is 5.82 Å². The second-order valence-corrected chi connectivity index (χ2v) is 7.37. The Balaban J connectivity index is 1.35. The normalized spacial score (nSPS) is 15.5. The highest BCUT2D eigenvalue weighted by molar-refractivity contribution is 5.75. The van der Waals surface area contributed by atoms with Crippen LogP contribution in [0.1, 0.15) is 30.0 Å². The third-order valence-electron chi connectivity index (χ3n) is 5.54. The maximum Gasteiger partial charge on any atom is 0.210 e. The van der Waals surface area contributed by atoms with Crippen LogP contribution in [-0.2, 0) is 13.0 Å². The minimum atomic E-state index is -0.244. The molecule has 4 heterocycles. The molecule has 2 aliphatic rings. The first-order valence-electron chi connectivity index (χ1n) is 9.69. The van der Waals surface area contributed by atoms with Gasteiger partial charge in [-0.2, -0.15) is 5.10 Å². The summed E-state index contributed by atoms with van der Waals surface area (Å²) < 4.78 is 23.8. The fraction of sp³-hybridized carbons (Fsp3) is 0.300. The molecule has 9 heteroatoms. The third kappa shape index (κ3) is 2.65. The monoisotopic (exact) mass is 391 g/mol. The van der Waals surface area contributed by atoms with Crippen LogP contribution in [0.3, 0.4) is 0 Å². The van der Waals surface area contributed by atoms with Gasteiger partial charge in [0, 0.05) is 36.5 Å². The predicted molar refractivity (Wildman–Crippen MR) is 103 cm³/mol. The van der Waals surface area contributed by atoms with E-state index in [0.29, 0.717) is 42.8 Å². The second-order valence-electron chi connectivity index (χ2n) is 7.37. The molecule has 29 heavy (non-hydrogen) atoms. The number of aromatic nitrogens is 6. The zero-order chi connectivity index (χ0) is 19.4. The summed E-state index contributed by atoms with van der Waals surface area (Å²) in [6.45, 7) is 0.890. The van der Waals surface area contributed by atoms with Crippen LogP contribution in [0.15, 0.2) is 36.9 Å². The molecule has 6 rings (SSSR count). The smallest absolute Gasteiger partial charge is 0.210 e. The number of rotatable bonds is 5. The molecule has 1 saturated carbocycles. The van der Waals surface area contributed by atoms with Gasteiger partial charge in [0.15, 0.2) is 5.65 Å². The van der Waals surface area contributed by atoms with E-state index >= 15 is 0 Å². The number of benzene rings is 1. The fourth-order valence-corrected chi connectivity index (χ4v) is 3.94. The zero-order valence-corrected chi connectivity index (χ0v) is 15.5. The van der Waals surface area contributed by atoms with Gasteiger partial charge >= 0.3 is 0 Å². The van der Waals surface area contributed by atoms with Gasteiger partial charge in [0.2, 0.25) is 5.95 Å². The molecule has 146 valence electrons. The second kappa shape index (κ2) is 6.26. The Kier molecular flexibility index (Phi) is 3.56. The maximum absolute atomic E-state index is 14.4. The van der Waals surface area contributed by atoms with Crippen LogP contribution in [0.4, 0.5) is 10.3 Å². The highest BCUT2D eigenvalue weighted by Gasteiger charge is 2.28. The quantitative estimate of drug-likeness (QED) is 0.563. The molecule has 0 saturated heterocycles. The van der Waals surface area contributed by atoms with E-state index in [1.807, 2.05) is 10.7 Å². The molecule has 1 aromatic carbocycles. The van der Waals surface area contributed by atoms with Crippen LogP contribution in [0.5, 0.6) is 5.75 Å². The van der Waals surface area contributed by atoms with Gasteiger partial charge < -0.3 is 10.1 Å². The standard InChI is InChI=1S/C20H18FN7O/c21-16-3-4-18-13(6-8-29-18)14(16)9-22-20-23-10-15(19-26-24-11-27(19)20)17-5-7-25-28(17)12-1-2-12/h3-5,7,10-12H,1-2,6,8-9H2,(H,22,23). The van der Waals surface area contributed by atoms with Gasteiger partial charge in [-0.1, -0.05) is 0 Å². The van der Waals surface area contributed by atoms with E-state index in [0.717, 1.165) is 35.4 Å². The van der Waals surface area contributed by atoms with Crippen molar-refractivity contribution in [1.82, 2.24) is 29.4 Å². The van der Waals surface area contributed by atoms with Crippen LogP contribution in [0.25, 0.3) is 16.9 Å². The Morgan fingerprint density at radius 2 is 2.17 bits per heavy atom. The van der Waals surface area contributed by atoms with Crippen molar-refractivity contribution < 1.29 is 9.13 Å². The molecular weight excluding hydrogens is 373 g/mol. The van der Waals surface area contributed by atoms with E-state index in [9.17, 15) is 4.39 Å². The maximum atomic E-state index is 14.4. The molecule has 4 aromatic rings. The molecule has 3 aromatic heterocycles. The summed E-state index contributed by atoms with van der Waals surface area (Å²) in [7, 11) is 0. The summed E-state index contributed by atoms with van der Waals surface area (Å²) in [6, 6.07) is 5.56. The minimum Gasteiger partial charge on any atom is -0.493 e. The summed E-state index contributed by atoms with van der Waals surface area (Å²) in [5.74, 6) is 1.07. The third-order valence-corrected chi connectivity index (χ3v) is 5.54. The van der Waals surface area contributed by atoms with Crippen molar-refractivity contribution in [1.29, 1.82) is 0 Å². The number of anilines is 1. The number of fused-ring (bicyclic) bond motifs is 2. The number of nitrogens with zero attached hydrogens (tertiary/aromatic N) is 6. The Labute approximate surface area is 165 Å². The molecule has 8 nitrogen and oxygen atoms in total. The van der Waals surface area contributed by atoms with Crippen molar-refractivity contribution in [2.75, 3.05) is 11.9 Å². The molecule has 1 N–H and O–H groups in total. The highest BCUT2D eigenvalue weighted by Crippen LogP contribution is 2.38. The van der Waals surface area contributed by atoms with E-state index in [2.05, 4.69) is 25.6 Å². The molecule has 0 radical (unpaired) electrons. The lowest BCUT2D eigenvalue weighted by atomic mass is 10.0. The highest BCUT2D eigenvalue weighted by atomic mass is 19.1. The molecule has 0 amide bonds. The van der Waals surface area contributed by atoms with Crippen molar-refractivity contribution in [3.05, 3.63) is 53.9 Å². The van der Waals surface area contributed by atoms with Crippen LogP contribution in [0.2, 0.25) is 0 Å². The van der Waals surface area contributed by atoms with E-state index in [1.165, 1.54) is 6.07 Å². The lowest BCUT2D eigenvalue weighted by Crippen LogP contribution is -2.10. The first-order chi connectivity index (χ1) is 14.3. The SMILES string of the molecule is Fc1ccc2c(c1CNc1ncc(-c3ccnn3C3CC3)c3nncn13)CCO2. The van der Waals surface area contributed by atoms with Gasteiger partial charge in [-0.05, 0) is 31.0 Å². The van der Waals surface area contributed by atoms with Gasteiger partial charge in [-0.15, -0.1) is 10.2 Å².